The van der Waals surface area contributed by atoms with Gasteiger partial charge in [0.25, 0.3) is 5.91 Å². The maximum atomic E-state index is 12.9. The molecule has 1 fully saturated rings. The van der Waals surface area contributed by atoms with E-state index in [0.29, 0.717) is 49.1 Å². The van der Waals surface area contributed by atoms with Gasteiger partial charge in [-0.1, -0.05) is 12.1 Å². The fourth-order valence-electron chi connectivity index (χ4n) is 3.43. The third kappa shape index (κ3) is 3.20. The van der Waals surface area contributed by atoms with Gasteiger partial charge in [-0.15, -0.1) is 5.10 Å². The SMILES string of the molecule is Cc1nnc(N2CCN(C(=O)C3COc4ccccc4O3)CC2)c(C#N)c1C. The molecule has 2 aromatic rings. The van der Waals surface area contributed by atoms with E-state index in [0.717, 1.165) is 11.3 Å². The first-order valence-electron chi connectivity index (χ1n) is 9.24. The molecule has 1 aromatic carbocycles. The summed E-state index contributed by atoms with van der Waals surface area (Å²) in [6.45, 7) is 6.15. The Hall–Kier alpha value is -3.34. The number of carbonyl (C=O) groups is 1. The minimum Gasteiger partial charge on any atom is -0.485 e. The predicted molar refractivity (Wildman–Crippen MR) is 101 cm³/mol. The zero-order valence-corrected chi connectivity index (χ0v) is 15.9. The van der Waals surface area contributed by atoms with Gasteiger partial charge in [0.2, 0.25) is 6.10 Å². The van der Waals surface area contributed by atoms with E-state index in [2.05, 4.69) is 16.3 Å². The Bertz CT molecular complexity index is 947. The number of benzene rings is 1. The maximum Gasteiger partial charge on any atom is 0.267 e. The van der Waals surface area contributed by atoms with Gasteiger partial charge in [-0.05, 0) is 31.5 Å². The molecule has 2 aliphatic rings. The number of hydrogen-bond acceptors (Lipinski definition) is 7. The van der Waals surface area contributed by atoms with Gasteiger partial charge in [-0.25, -0.2) is 0 Å². The first-order chi connectivity index (χ1) is 13.6. The minimum absolute atomic E-state index is 0.0826. The van der Waals surface area contributed by atoms with E-state index >= 15 is 0 Å². The number of nitriles is 1. The highest BCUT2D eigenvalue weighted by atomic mass is 16.6. The normalized spacial score (nSPS) is 18.5. The van der Waals surface area contributed by atoms with E-state index in [1.54, 1.807) is 11.0 Å². The van der Waals surface area contributed by atoms with Crippen LogP contribution in [0.3, 0.4) is 0 Å². The van der Waals surface area contributed by atoms with E-state index in [1.807, 2.05) is 36.9 Å². The quantitative estimate of drug-likeness (QED) is 0.780. The number of anilines is 1. The zero-order valence-electron chi connectivity index (χ0n) is 15.9. The number of aromatic nitrogens is 2. The second-order valence-electron chi connectivity index (χ2n) is 6.90. The lowest BCUT2D eigenvalue weighted by molar-refractivity contribution is -0.141. The second-order valence-corrected chi connectivity index (χ2v) is 6.90. The van der Waals surface area contributed by atoms with Gasteiger partial charge >= 0.3 is 0 Å². The molecule has 4 rings (SSSR count). The molecule has 144 valence electrons. The highest BCUT2D eigenvalue weighted by Gasteiger charge is 2.33. The number of piperazine rings is 1. The molecule has 1 atom stereocenters. The number of rotatable bonds is 2. The molecular weight excluding hydrogens is 358 g/mol. The average molecular weight is 379 g/mol. The zero-order chi connectivity index (χ0) is 19.7. The fourth-order valence-corrected chi connectivity index (χ4v) is 3.43. The van der Waals surface area contributed by atoms with Gasteiger partial charge < -0.3 is 19.3 Å². The molecule has 0 radical (unpaired) electrons. The van der Waals surface area contributed by atoms with Crippen molar-refractivity contribution in [2.45, 2.75) is 20.0 Å². The van der Waals surface area contributed by atoms with Gasteiger partial charge in [-0.2, -0.15) is 10.4 Å². The average Bonchev–Trinajstić information content (AvgIpc) is 2.75. The van der Waals surface area contributed by atoms with Gasteiger partial charge in [0, 0.05) is 26.2 Å². The molecule has 0 aliphatic carbocycles. The van der Waals surface area contributed by atoms with Gasteiger partial charge in [0.15, 0.2) is 17.3 Å². The summed E-state index contributed by atoms with van der Waals surface area (Å²) >= 11 is 0. The van der Waals surface area contributed by atoms with Crippen LogP contribution in [-0.2, 0) is 4.79 Å². The number of carbonyl (C=O) groups excluding carboxylic acids is 1. The number of aryl methyl sites for hydroxylation is 1. The molecule has 8 heteroatoms. The Morgan fingerprint density at radius 2 is 1.86 bits per heavy atom. The molecule has 1 amide bonds. The van der Waals surface area contributed by atoms with Gasteiger partial charge in [-0.3, -0.25) is 4.79 Å². The van der Waals surface area contributed by atoms with Crippen molar-refractivity contribution in [1.29, 1.82) is 5.26 Å². The molecule has 1 aromatic heterocycles. The van der Waals surface area contributed by atoms with Crippen LogP contribution in [0, 0.1) is 25.2 Å². The molecule has 0 spiro atoms. The standard InChI is InChI=1S/C20H21N5O3/c1-13-14(2)22-23-19(15(13)11-21)24-7-9-25(10-8-24)20(26)18-12-27-16-5-3-4-6-17(16)28-18/h3-6,18H,7-10,12H2,1-2H3. The number of amides is 1. The van der Waals surface area contributed by atoms with Crippen LogP contribution in [0.15, 0.2) is 24.3 Å². The number of nitrogens with zero attached hydrogens (tertiary/aromatic N) is 5. The van der Waals surface area contributed by atoms with Crippen molar-refractivity contribution in [3.05, 3.63) is 41.1 Å². The number of hydrogen-bond donors (Lipinski definition) is 0. The minimum atomic E-state index is -0.641. The molecule has 0 bridgehead atoms. The number of fused-ring (bicyclic) bond motifs is 1. The van der Waals surface area contributed by atoms with Crippen LogP contribution in [-0.4, -0.2) is 59.9 Å². The fraction of sp³-hybridized carbons (Fsp3) is 0.400. The lowest BCUT2D eigenvalue weighted by atomic mass is 10.1. The summed E-state index contributed by atoms with van der Waals surface area (Å²) in [5.74, 6) is 1.76. The Kier molecular flexibility index (Phi) is 4.74. The largest absolute Gasteiger partial charge is 0.485 e. The van der Waals surface area contributed by atoms with E-state index in [9.17, 15) is 10.1 Å². The van der Waals surface area contributed by atoms with Crippen LogP contribution in [0.2, 0.25) is 0 Å². The van der Waals surface area contributed by atoms with Gasteiger partial charge in [0.1, 0.15) is 18.2 Å². The van der Waals surface area contributed by atoms with Gasteiger partial charge in [0.05, 0.1) is 5.69 Å². The van der Waals surface area contributed by atoms with E-state index in [1.165, 1.54) is 0 Å². The molecule has 28 heavy (non-hydrogen) atoms. The third-order valence-corrected chi connectivity index (χ3v) is 5.22. The van der Waals surface area contributed by atoms with Crippen LogP contribution in [0.1, 0.15) is 16.8 Å². The summed E-state index contributed by atoms with van der Waals surface area (Å²) in [5, 5.41) is 17.9. The molecule has 2 aliphatic heterocycles. The molecule has 0 N–H and O–H groups in total. The van der Waals surface area contributed by atoms with E-state index in [-0.39, 0.29) is 12.5 Å². The molecule has 8 nitrogen and oxygen atoms in total. The Balaban J connectivity index is 1.42. The first kappa shape index (κ1) is 18.0. The predicted octanol–water partition coefficient (Wildman–Crippen LogP) is 1.45. The van der Waals surface area contributed by atoms with Crippen molar-refractivity contribution < 1.29 is 14.3 Å². The molecule has 1 saturated heterocycles. The van der Waals surface area contributed by atoms with Crippen molar-refractivity contribution in [3.63, 3.8) is 0 Å². The van der Waals surface area contributed by atoms with Crippen molar-refractivity contribution in [2.75, 3.05) is 37.7 Å². The molecule has 1 unspecified atom stereocenters. The Morgan fingerprint density at radius 1 is 1.14 bits per heavy atom. The number of ether oxygens (including phenoxy) is 2. The van der Waals surface area contributed by atoms with Crippen LogP contribution in [0.4, 0.5) is 5.82 Å². The lowest BCUT2D eigenvalue weighted by Crippen LogP contribution is -2.54. The third-order valence-electron chi connectivity index (χ3n) is 5.22. The van der Waals surface area contributed by atoms with Crippen LogP contribution < -0.4 is 14.4 Å². The Labute approximate surface area is 163 Å². The van der Waals surface area contributed by atoms with Crippen LogP contribution >= 0.6 is 0 Å². The molecular formula is C20H21N5O3. The Morgan fingerprint density at radius 3 is 2.57 bits per heavy atom. The van der Waals surface area contributed by atoms with Crippen molar-refractivity contribution in [3.8, 4) is 17.6 Å². The maximum absolute atomic E-state index is 12.9. The second kappa shape index (κ2) is 7.35. The van der Waals surface area contributed by atoms with Crippen LogP contribution in [0.25, 0.3) is 0 Å². The van der Waals surface area contributed by atoms with Crippen molar-refractivity contribution in [1.82, 2.24) is 15.1 Å². The van der Waals surface area contributed by atoms with Crippen molar-refractivity contribution >= 4 is 11.7 Å². The smallest absolute Gasteiger partial charge is 0.267 e. The summed E-state index contributed by atoms with van der Waals surface area (Å²) in [4.78, 5) is 16.6. The lowest BCUT2D eigenvalue weighted by Gasteiger charge is -2.37. The topological polar surface area (TPSA) is 91.6 Å². The van der Waals surface area contributed by atoms with E-state index < -0.39 is 6.10 Å². The van der Waals surface area contributed by atoms with Crippen LogP contribution in [0.5, 0.6) is 11.5 Å². The summed E-state index contributed by atoms with van der Waals surface area (Å²) in [7, 11) is 0. The summed E-state index contributed by atoms with van der Waals surface area (Å²) in [5.41, 5.74) is 2.15. The highest BCUT2D eigenvalue weighted by molar-refractivity contribution is 5.82. The summed E-state index contributed by atoms with van der Waals surface area (Å²) in [6.07, 6.45) is -0.641. The molecule has 3 heterocycles. The monoisotopic (exact) mass is 379 g/mol. The van der Waals surface area contributed by atoms with Crippen molar-refractivity contribution in [2.24, 2.45) is 0 Å². The highest BCUT2D eigenvalue weighted by Crippen LogP contribution is 2.31. The molecule has 0 saturated carbocycles. The van der Waals surface area contributed by atoms with E-state index in [4.69, 9.17) is 9.47 Å². The summed E-state index contributed by atoms with van der Waals surface area (Å²) in [6, 6.07) is 9.58. The summed E-state index contributed by atoms with van der Waals surface area (Å²) < 4.78 is 11.5. The first-order valence-corrected chi connectivity index (χ1v) is 9.24. The number of para-hydroxylation sites is 2.